The van der Waals surface area contributed by atoms with Crippen LogP contribution in [-0.2, 0) is 0 Å². The van der Waals surface area contributed by atoms with Crippen molar-refractivity contribution in [2.24, 2.45) is 0 Å². The lowest BCUT2D eigenvalue weighted by atomic mass is 10.4. The molecule has 0 aliphatic heterocycles. The Labute approximate surface area is 42.9 Å². The van der Waals surface area contributed by atoms with Crippen LogP contribution in [0.4, 0.5) is 17.6 Å². The van der Waals surface area contributed by atoms with E-state index in [2.05, 4.69) is 0 Å². The summed E-state index contributed by atoms with van der Waals surface area (Å²) in [6.07, 6.45) is -7.35. The molecular weight excluding hydrogens is 128 g/mol. The molecule has 0 aromatic rings. The minimum atomic E-state index is -4.99. The second-order valence-corrected chi connectivity index (χ2v) is 1.06. The van der Waals surface area contributed by atoms with E-state index in [9.17, 15) is 17.6 Å². The van der Waals surface area contributed by atoms with E-state index in [4.69, 9.17) is 5.11 Å². The van der Waals surface area contributed by atoms with Gasteiger partial charge in [-0.05, 0) is 0 Å². The smallest absolute Gasteiger partial charge is 0.393 e. The molecule has 49 valence electrons. The van der Waals surface area contributed by atoms with E-state index in [0.29, 0.717) is 0 Å². The van der Waals surface area contributed by atoms with Gasteiger partial charge >= 0.3 is 6.18 Å². The first-order valence-electron chi connectivity index (χ1n) is 1.68. The fourth-order valence-corrected chi connectivity index (χ4v) is 0.0896. The Bertz CT molecular complexity index is 68.2. The van der Waals surface area contributed by atoms with E-state index in [1.807, 2.05) is 0 Å². The highest BCUT2D eigenvalue weighted by Gasteiger charge is 2.41. The summed E-state index contributed by atoms with van der Waals surface area (Å²) in [5, 5.41) is 7.54. The molecule has 0 heterocycles. The van der Waals surface area contributed by atoms with Gasteiger partial charge in [-0.1, -0.05) is 0 Å². The van der Waals surface area contributed by atoms with Crippen LogP contribution in [0.3, 0.4) is 0 Å². The van der Waals surface area contributed by atoms with E-state index >= 15 is 0 Å². The van der Waals surface area contributed by atoms with Crippen LogP contribution in [-0.4, -0.2) is 17.9 Å². The second-order valence-electron chi connectivity index (χ2n) is 1.06. The molecule has 0 atom stereocenters. The molecule has 5 heteroatoms. The highest BCUT2D eigenvalue weighted by molar-refractivity contribution is 4.83. The number of hydrogen-bond acceptors (Lipinski definition) is 1. The van der Waals surface area contributed by atoms with Gasteiger partial charge in [0.15, 0.2) is 0 Å². The van der Waals surface area contributed by atoms with Gasteiger partial charge in [-0.25, -0.2) is 4.39 Å². The Kier molecular flexibility index (Phi) is 2.21. The van der Waals surface area contributed by atoms with Crippen molar-refractivity contribution in [2.45, 2.75) is 6.18 Å². The Morgan fingerprint density at radius 3 is 1.75 bits per heavy atom. The van der Waals surface area contributed by atoms with E-state index in [1.54, 1.807) is 0 Å². The summed E-state index contributed by atoms with van der Waals surface area (Å²) in [6, 6.07) is 0. The highest BCUT2D eigenvalue weighted by Crippen LogP contribution is 2.27. The van der Waals surface area contributed by atoms with Crippen molar-refractivity contribution in [3.8, 4) is 0 Å². The zero-order valence-corrected chi connectivity index (χ0v) is 3.67. The van der Waals surface area contributed by atoms with Gasteiger partial charge in [0.1, 0.15) is 0 Å². The van der Waals surface area contributed by atoms with Gasteiger partial charge in [0.05, 0.1) is 6.61 Å². The molecule has 0 saturated carbocycles. The van der Waals surface area contributed by atoms with Crippen LogP contribution in [0, 0.1) is 6.17 Å². The van der Waals surface area contributed by atoms with Gasteiger partial charge in [0.25, 0.3) is 6.17 Å². The number of rotatable bonds is 1. The van der Waals surface area contributed by atoms with Crippen LogP contribution < -0.4 is 0 Å². The first-order chi connectivity index (χ1) is 3.48. The van der Waals surface area contributed by atoms with E-state index in [0.717, 1.165) is 0 Å². The van der Waals surface area contributed by atoms with Crippen molar-refractivity contribution in [3.05, 3.63) is 6.17 Å². The van der Waals surface area contributed by atoms with Crippen LogP contribution in [0.1, 0.15) is 0 Å². The largest absolute Gasteiger partial charge is 0.428 e. The molecular formula is C3H3F4O. The molecule has 0 aromatic heterocycles. The van der Waals surface area contributed by atoms with E-state index < -0.39 is 19.0 Å². The third-order valence-corrected chi connectivity index (χ3v) is 0.446. The van der Waals surface area contributed by atoms with Gasteiger partial charge in [-0.15, -0.1) is 0 Å². The molecule has 0 unspecified atom stereocenters. The van der Waals surface area contributed by atoms with Crippen molar-refractivity contribution >= 4 is 0 Å². The maximum absolute atomic E-state index is 11.2. The monoisotopic (exact) mass is 131 g/mol. The van der Waals surface area contributed by atoms with Crippen molar-refractivity contribution < 1.29 is 22.7 Å². The molecule has 8 heavy (non-hydrogen) atoms. The lowest BCUT2D eigenvalue weighted by Gasteiger charge is -2.05. The topological polar surface area (TPSA) is 20.2 Å². The molecule has 1 N–H and O–H groups in total. The maximum Gasteiger partial charge on any atom is 0.428 e. The van der Waals surface area contributed by atoms with Gasteiger partial charge in [-0.3, -0.25) is 0 Å². The van der Waals surface area contributed by atoms with Crippen LogP contribution in [0.5, 0.6) is 0 Å². The molecule has 0 amide bonds. The summed E-state index contributed by atoms with van der Waals surface area (Å²) in [5.41, 5.74) is 0. The summed E-state index contributed by atoms with van der Waals surface area (Å²) < 4.78 is 43.8. The fourth-order valence-electron chi connectivity index (χ4n) is 0.0896. The standard InChI is InChI=1S/C3H3F4O/c4-2(1-8)3(5,6)7/h8H,1H2. The predicted octanol–water partition coefficient (Wildman–Crippen LogP) is 1.04. The summed E-state index contributed by atoms with van der Waals surface area (Å²) in [4.78, 5) is 0. The van der Waals surface area contributed by atoms with Gasteiger partial charge < -0.3 is 5.11 Å². The molecule has 0 aliphatic rings. The van der Waals surface area contributed by atoms with Gasteiger partial charge in [0.2, 0.25) is 0 Å². The molecule has 0 spiro atoms. The predicted molar refractivity (Wildman–Crippen MR) is 17.5 cm³/mol. The fraction of sp³-hybridized carbons (Fsp3) is 0.667. The average Bonchev–Trinajstić information content (AvgIpc) is 1.62. The van der Waals surface area contributed by atoms with Crippen LogP contribution in [0.15, 0.2) is 0 Å². The number of aliphatic hydroxyl groups is 1. The lowest BCUT2D eigenvalue weighted by Crippen LogP contribution is -2.19. The number of alkyl halides is 3. The lowest BCUT2D eigenvalue weighted by molar-refractivity contribution is -0.145. The van der Waals surface area contributed by atoms with Crippen molar-refractivity contribution in [1.29, 1.82) is 0 Å². The molecule has 0 aliphatic carbocycles. The van der Waals surface area contributed by atoms with Gasteiger partial charge in [-0.2, -0.15) is 13.2 Å². The first kappa shape index (κ1) is 7.68. The molecule has 0 fully saturated rings. The quantitative estimate of drug-likeness (QED) is 0.527. The van der Waals surface area contributed by atoms with Crippen LogP contribution >= 0.6 is 0 Å². The van der Waals surface area contributed by atoms with Gasteiger partial charge in [0, 0.05) is 0 Å². The van der Waals surface area contributed by atoms with Crippen molar-refractivity contribution in [3.63, 3.8) is 0 Å². The Morgan fingerprint density at radius 1 is 1.38 bits per heavy atom. The maximum atomic E-state index is 11.2. The Morgan fingerprint density at radius 2 is 1.75 bits per heavy atom. The third-order valence-electron chi connectivity index (χ3n) is 0.446. The van der Waals surface area contributed by atoms with Crippen molar-refractivity contribution in [2.75, 3.05) is 6.61 Å². The number of aliphatic hydroxyl groups excluding tert-OH is 1. The molecule has 0 saturated heterocycles. The molecule has 1 radical (unpaired) electrons. The number of hydrogen-bond donors (Lipinski definition) is 1. The molecule has 0 rings (SSSR count). The Hall–Kier alpha value is -0.320. The van der Waals surface area contributed by atoms with Crippen LogP contribution in [0.25, 0.3) is 0 Å². The third kappa shape index (κ3) is 2.11. The minimum Gasteiger partial charge on any atom is -0.393 e. The van der Waals surface area contributed by atoms with Crippen LogP contribution in [0.2, 0.25) is 0 Å². The molecule has 0 aromatic carbocycles. The average molecular weight is 131 g/mol. The second kappa shape index (κ2) is 2.30. The minimum absolute atomic E-state index is 1.58. The molecule has 1 nitrogen and oxygen atoms in total. The van der Waals surface area contributed by atoms with E-state index in [1.165, 1.54) is 0 Å². The zero-order chi connectivity index (χ0) is 6.78. The summed E-state index contributed by atoms with van der Waals surface area (Å²) in [7, 11) is 0. The van der Waals surface area contributed by atoms with Crippen molar-refractivity contribution in [1.82, 2.24) is 0 Å². The Balaban J connectivity index is 3.62. The number of halogens is 4. The SMILES string of the molecule is OC[C](F)C(F)(F)F. The molecule has 0 bridgehead atoms. The summed E-state index contributed by atoms with van der Waals surface area (Å²) in [5.74, 6) is 0. The first-order valence-corrected chi connectivity index (χ1v) is 1.68. The normalized spacial score (nSPS) is 12.8. The zero-order valence-electron chi connectivity index (χ0n) is 3.67. The summed E-state index contributed by atoms with van der Waals surface area (Å²) in [6.45, 7) is -1.58. The highest BCUT2D eigenvalue weighted by atomic mass is 19.4. The summed E-state index contributed by atoms with van der Waals surface area (Å²) >= 11 is 0. The van der Waals surface area contributed by atoms with E-state index in [-0.39, 0.29) is 0 Å².